The maximum atomic E-state index is 6.86. The van der Waals surface area contributed by atoms with Crippen molar-refractivity contribution >= 4 is 7.28 Å². The molecule has 2 rings (SSSR count). The number of rotatable bonds is 2. The highest BCUT2D eigenvalue weighted by Gasteiger charge is 2.21. The Hall–Kier alpha value is -0.625. The van der Waals surface area contributed by atoms with Gasteiger partial charge in [0, 0.05) is 0 Å². The van der Waals surface area contributed by atoms with E-state index in [1.54, 1.807) is 4.91 Å². The molecule has 1 N–H and O–H groups in total. The first-order valence-corrected chi connectivity index (χ1v) is 6.72. The Balaban J connectivity index is 0.000000386. The molecule has 3 nitrogen and oxygen atoms in total. The fourth-order valence-electron chi connectivity index (χ4n) is 3.04. The molecule has 16 heavy (non-hydrogen) atoms. The Morgan fingerprint density at radius 3 is 1.44 bits per heavy atom. The lowest BCUT2D eigenvalue weighted by Crippen LogP contribution is -2.16. The number of nitrogens with one attached hydrogen (secondary N) is 1. The third kappa shape index (κ3) is 5.46. The summed E-state index contributed by atoms with van der Waals surface area (Å²) in [6, 6.07) is 0. The Morgan fingerprint density at radius 2 is 1.12 bits per heavy atom. The zero-order chi connectivity index (χ0) is 11.6. The molecule has 0 spiro atoms. The highest BCUT2D eigenvalue weighted by atomic mass is 15.0. The van der Waals surface area contributed by atoms with Crippen molar-refractivity contribution in [2.24, 2.45) is 0 Å². The third-order valence-corrected chi connectivity index (χ3v) is 3.84. The molecule has 2 aliphatic rings. The molecule has 1 radical (unpaired) electrons. The normalized spacial score (nSPS) is 22.8. The van der Waals surface area contributed by atoms with Crippen LogP contribution in [0.25, 0.3) is 10.4 Å². The summed E-state index contributed by atoms with van der Waals surface area (Å²) in [6.45, 7) is 0. The van der Waals surface area contributed by atoms with E-state index in [0.717, 1.165) is 11.6 Å². The maximum absolute atomic E-state index is 6.86. The molecule has 0 amide bonds. The first-order chi connectivity index (χ1) is 7.86. The Kier molecular flexibility index (Phi) is 7.16. The smallest absolute Gasteiger partial charge is 0.108 e. The lowest BCUT2D eigenvalue weighted by Gasteiger charge is -2.27. The van der Waals surface area contributed by atoms with Crippen LogP contribution in [0.4, 0.5) is 0 Å². The summed E-state index contributed by atoms with van der Waals surface area (Å²) in [5.74, 6) is 1.99. The molecule has 0 atom stereocenters. The summed E-state index contributed by atoms with van der Waals surface area (Å²) in [4.78, 5) is 1.75. The van der Waals surface area contributed by atoms with Crippen molar-refractivity contribution in [2.45, 2.75) is 75.8 Å². The second-order valence-corrected chi connectivity index (χ2v) is 5.09. The second-order valence-electron chi connectivity index (χ2n) is 5.09. The van der Waals surface area contributed by atoms with Gasteiger partial charge >= 0.3 is 0 Å². The molecular formula is C12H23BN3. The van der Waals surface area contributed by atoms with E-state index in [-0.39, 0.29) is 0 Å². The van der Waals surface area contributed by atoms with Gasteiger partial charge < -0.3 is 0 Å². The molecule has 0 aromatic rings. The minimum absolute atomic E-state index is 0.997. The maximum Gasteiger partial charge on any atom is 0.117 e. The van der Waals surface area contributed by atoms with Crippen molar-refractivity contribution in [3.63, 3.8) is 0 Å². The fraction of sp³-hybridized carbons (Fsp3) is 1.00. The fourth-order valence-corrected chi connectivity index (χ4v) is 3.04. The lowest BCUT2D eigenvalue weighted by atomic mass is 9.48. The van der Waals surface area contributed by atoms with Crippen molar-refractivity contribution in [1.29, 1.82) is 5.53 Å². The predicted octanol–water partition coefficient (Wildman–Crippen LogP) is 5.07. The largest absolute Gasteiger partial charge is 0.117 e. The molecule has 0 aliphatic heterocycles. The topological polar surface area (TPSA) is 60.3 Å². The molecule has 0 saturated heterocycles. The average Bonchev–Trinajstić information content (AvgIpc) is 2.33. The van der Waals surface area contributed by atoms with Crippen LogP contribution in [-0.2, 0) is 0 Å². The van der Waals surface area contributed by atoms with Crippen LogP contribution in [0, 0.1) is 5.53 Å². The van der Waals surface area contributed by atoms with Gasteiger partial charge in [-0.3, -0.25) is 0 Å². The zero-order valence-electron chi connectivity index (χ0n) is 10.2. The Bertz CT molecular complexity index is 186. The molecule has 4 heteroatoms. The van der Waals surface area contributed by atoms with E-state index < -0.39 is 0 Å². The molecule has 0 unspecified atom stereocenters. The van der Waals surface area contributed by atoms with Gasteiger partial charge in [-0.2, -0.15) is 0 Å². The highest BCUT2D eigenvalue weighted by molar-refractivity contribution is 6.39. The minimum Gasteiger partial charge on any atom is -0.108 e. The van der Waals surface area contributed by atoms with Crippen LogP contribution in [0.15, 0.2) is 0 Å². The molecule has 0 heterocycles. The molecule has 0 aromatic carbocycles. The summed E-state index contributed by atoms with van der Waals surface area (Å²) in [6.07, 6.45) is 15.0. The van der Waals surface area contributed by atoms with Crippen LogP contribution in [0.1, 0.15) is 64.2 Å². The quantitative estimate of drug-likeness (QED) is 0.292. The van der Waals surface area contributed by atoms with Gasteiger partial charge in [0.05, 0.1) is 0 Å². The molecule has 2 aliphatic carbocycles. The molecule has 0 aromatic heterocycles. The van der Waals surface area contributed by atoms with E-state index in [2.05, 4.69) is 7.28 Å². The molecule has 2 saturated carbocycles. The van der Waals surface area contributed by atoms with E-state index in [1.807, 2.05) is 0 Å². The van der Waals surface area contributed by atoms with Gasteiger partial charge in [-0.25, -0.2) is 0 Å². The Morgan fingerprint density at radius 1 is 0.812 bits per heavy atom. The molecule has 89 valence electrons. The summed E-state index contributed by atoms with van der Waals surface area (Å²) in [5, 5.41) is 0. The van der Waals surface area contributed by atoms with E-state index in [1.165, 1.54) is 64.2 Å². The monoisotopic (exact) mass is 220 g/mol. The molecule has 2 fully saturated rings. The number of nitrogens with zero attached hydrogens (tertiary/aromatic N) is 2. The summed E-state index contributed by atoms with van der Waals surface area (Å²) < 4.78 is 0. The SMILES string of the molecule is [B](C1CCCCC1)C1CCCCC1.[N-]=[N+]=N. The highest BCUT2D eigenvalue weighted by Crippen LogP contribution is 2.36. The van der Waals surface area contributed by atoms with E-state index in [0.29, 0.717) is 0 Å². The van der Waals surface area contributed by atoms with Crippen LogP contribution in [0.5, 0.6) is 0 Å². The van der Waals surface area contributed by atoms with Gasteiger partial charge in [0.25, 0.3) is 0 Å². The molecular weight excluding hydrogens is 197 g/mol. The van der Waals surface area contributed by atoms with Gasteiger partial charge in [0.2, 0.25) is 0 Å². The lowest BCUT2D eigenvalue weighted by molar-refractivity contribution is 0.470. The van der Waals surface area contributed by atoms with Crippen LogP contribution in [0.3, 0.4) is 0 Å². The first-order valence-electron chi connectivity index (χ1n) is 6.72. The standard InChI is InChI=1S/C12H22B.HN3/c1-3-7-11(8-4-1)13-12-9-5-2-6-10-12;1-3-2/h11-12H,1-10H2;1H. The minimum atomic E-state index is 0.997. The van der Waals surface area contributed by atoms with Crippen molar-refractivity contribution in [3.05, 3.63) is 10.4 Å². The average molecular weight is 220 g/mol. The van der Waals surface area contributed by atoms with Crippen molar-refractivity contribution in [3.8, 4) is 0 Å². The third-order valence-electron chi connectivity index (χ3n) is 3.84. The number of hydrogen-bond acceptors (Lipinski definition) is 1. The first kappa shape index (κ1) is 13.4. The van der Waals surface area contributed by atoms with Gasteiger partial charge in [0.1, 0.15) is 7.28 Å². The Labute approximate surface area is 99.7 Å². The van der Waals surface area contributed by atoms with Crippen molar-refractivity contribution < 1.29 is 0 Å². The van der Waals surface area contributed by atoms with Gasteiger partial charge in [-0.1, -0.05) is 75.8 Å². The predicted molar refractivity (Wildman–Crippen MR) is 68.9 cm³/mol. The van der Waals surface area contributed by atoms with Crippen LogP contribution >= 0.6 is 0 Å². The van der Waals surface area contributed by atoms with Crippen LogP contribution in [-0.4, -0.2) is 7.28 Å². The second kappa shape index (κ2) is 8.52. The van der Waals surface area contributed by atoms with Gasteiger partial charge in [0.15, 0.2) is 0 Å². The van der Waals surface area contributed by atoms with Crippen molar-refractivity contribution in [2.75, 3.05) is 0 Å². The van der Waals surface area contributed by atoms with E-state index >= 15 is 0 Å². The summed E-state index contributed by atoms with van der Waals surface area (Å²) in [5.41, 5.74) is 12.2. The zero-order valence-corrected chi connectivity index (χ0v) is 10.2. The van der Waals surface area contributed by atoms with Crippen molar-refractivity contribution in [1.82, 2.24) is 0 Å². The van der Waals surface area contributed by atoms with E-state index in [4.69, 9.17) is 11.1 Å². The van der Waals surface area contributed by atoms with Gasteiger partial charge in [-0.05, 0) is 10.4 Å². The molecule has 0 bridgehead atoms. The summed E-state index contributed by atoms with van der Waals surface area (Å²) in [7, 11) is 2.72. The van der Waals surface area contributed by atoms with E-state index in [9.17, 15) is 0 Å². The summed E-state index contributed by atoms with van der Waals surface area (Å²) >= 11 is 0. The van der Waals surface area contributed by atoms with Crippen LogP contribution < -0.4 is 0 Å². The van der Waals surface area contributed by atoms with Gasteiger partial charge in [-0.15, -0.1) is 5.53 Å². The number of hydrogen-bond donors (Lipinski definition) is 1. The van der Waals surface area contributed by atoms with Crippen LogP contribution in [0.2, 0.25) is 11.6 Å².